The van der Waals surface area contributed by atoms with Gasteiger partial charge in [0.25, 0.3) is 0 Å². The lowest BCUT2D eigenvalue weighted by Crippen LogP contribution is -2.34. The molecule has 0 aromatic carbocycles. The normalized spacial score (nSPS) is 16.0. The van der Waals surface area contributed by atoms with Crippen molar-refractivity contribution >= 4 is 6.16 Å². The minimum atomic E-state index is -1.30. The van der Waals surface area contributed by atoms with Crippen molar-refractivity contribution in [2.75, 3.05) is 27.4 Å². The minimum absolute atomic E-state index is 0.0142. The molecule has 0 fully saturated rings. The zero-order valence-corrected chi connectivity index (χ0v) is 11.5. The number of ether oxygens (including phenoxy) is 4. The van der Waals surface area contributed by atoms with E-state index in [2.05, 4.69) is 0 Å². The van der Waals surface area contributed by atoms with Crippen LogP contribution in [0.25, 0.3) is 0 Å². The second-order valence-corrected chi connectivity index (χ2v) is 4.01. The van der Waals surface area contributed by atoms with Gasteiger partial charge in [-0.25, -0.2) is 4.79 Å². The Bertz CT molecular complexity index is 217. The van der Waals surface area contributed by atoms with E-state index in [1.165, 1.54) is 0 Å². The van der Waals surface area contributed by atoms with Gasteiger partial charge >= 0.3 is 6.16 Å². The van der Waals surface area contributed by atoms with Crippen LogP contribution in [-0.2, 0) is 18.9 Å². The van der Waals surface area contributed by atoms with Crippen LogP contribution in [0.2, 0.25) is 0 Å². The van der Waals surface area contributed by atoms with Crippen LogP contribution >= 0.6 is 0 Å². The number of hydrogen-bond donors (Lipinski definition) is 1. The fourth-order valence-electron chi connectivity index (χ4n) is 1.47. The number of hydrogen-bond acceptors (Lipinski definition) is 5. The predicted molar refractivity (Wildman–Crippen MR) is 65.9 cm³/mol. The van der Waals surface area contributed by atoms with Crippen LogP contribution in [0, 0.1) is 0 Å². The van der Waals surface area contributed by atoms with Crippen LogP contribution < -0.4 is 0 Å². The highest BCUT2D eigenvalue weighted by Gasteiger charge is 2.22. The zero-order chi connectivity index (χ0) is 14.0. The molecular weight excluding hydrogens is 240 g/mol. The van der Waals surface area contributed by atoms with Gasteiger partial charge in [-0.05, 0) is 13.3 Å². The van der Waals surface area contributed by atoms with E-state index in [9.17, 15) is 4.79 Å². The fourth-order valence-corrected chi connectivity index (χ4v) is 1.47. The molecule has 18 heavy (non-hydrogen) atoms. The summed E-state index contributed by atoms with van der Waals surface area (Å²) in [6.45, 7) is 4.62. The molecule has 0 rings (SSSR count). The van der Waals surface area contributed by atoms with E-state index in [-0.39, 0.29) is 12.2 Å². The van der Waals surface area contributed by atoms with E-state index in [1.807, 2.05) is 6.92 Å². The Morgan fingerprint density at radius 2 is 2.00 bits per heavy atom. The molecule has 0 aromatic heterocycles. The topological polar surface area (TPSA) is 74.2 Å². The number of methoxy groups -OCH3 is 2. The molecule has 0 bridgehead atoms. The van der Waals surface area contributed by atoms with Gasteiger partial charge in [-0.1, -0.05) is 6.92 Å². The van der Waals surface area contributed by atoms with Gasteiger partial charge in [-0.3, -0.25) is 0 Å². The molecule has 3 unspecified atom stereocenters. The summed E-state index contributed by atoms with van der Waals surface area (Å²) in [6.07, 6.45) is -0.845. The van der Waals surface area contributed by atoms with Crippen LogP contribution in [0.3, 0.4) is 0 Å². The summed E-state index contributed by atoms with van der Waals surface area (Å²) in [7, 11) is 3.18. The van der Waals surface area contributed by atoms with Gasteiger partial charge in [0.15, 0.2) is 0 Å². The van der Waals surface area contributed by atoms with E-state index in [4.69, 9.17) is 24.1 Å². The molecule has 0 aliphatic carbocycles. The molecule has 0 heterocycles. The van der Waals surface area contributed by atoms with Crippen molar-refractivity contribution in [3.63, 3.8) is 0 Å². The van der Waals surface area contributed by atoms with Crippen LogP contribution in [0.5, 0.6) is 0 Å². The van der Waals surface area contributed by atoms with Crippen LogP contribution in [0.4, 0.5) is 4.79 Å². The van der Waals surface area contributed by atoms with E-state index in [1.54, 1.807) is 21.1 Å². The number of carbonyl (C=O) groups is 1. The summed E-state index contributed by atoms with van der Waals surface area (Å²) in [5.41, 5.74) is 0. The summed E-state index contributed by atoms with van der Waals surface area (Å²) >= 11 is 0. The van der Waals surface area contributed by atoms with Crippen molar-refractivity contribution in [3.05, 3.63) is 0 Å². The summed E-state index contributed by atoms with van der Waals surface area (Å²) < 4.78 is 20.5. The van der Waals surface area contributed by atoms with E-state index in [0.29, 0.717) is 19.6 Å². The van der Waals surface area contributed by atoms with Crippen molar-refractivity contribution in [3.8, 4) is 0 Å². The van der Waals surface area contributed by atoms with Gasteiger partial charge < -0.3 is 24.1 Å². The highest BCUT2D eigenvalue weighted by molar-refractivity contribution is 5.57. The second-order valence-electron chi connectivity index (χ2n) is 4.01. The van der Waals surface area contributed by atoms with E-state index >= 15 is 0 Å². The first kappa shape index (κ1) is 17.2. The monoisotopic (exact) mass is 264 g/mol. The third kappa shape index (κ3) is 7.47. The third-order valence-electron chi connectivity index (χ3n) is 2.72. The Labute approximate surface area is 108 Å². The molecule has 3 atom stereocenters. The largest absolute Gasteiger partial charge is 0.506 e. The fraction of sp³-hybridized carbons (Fsp3) is 0.917. The zero-order valence-electron chi connectivity index (χ0n) is 11.5. The van der Waals surface area contributed by atoms with Crippen molar-refractivity contribution in [2.45, 2.75) is 45.0 Å². The summed E-state index contributed by atoms with van der Waals surface area (Å²) in [4.78, 5) is 10.6. The lowest BCUT2D eigenvalue weighted by Gasteiger charge is -2.24. The third-order valence-corrected chi connectivity index (χ3v) is 2.72. The van der Waals surface area contributed by atoms with Gasteiger partial charge in [0.05, 0.1) is 18.8 Å². The molecule has 0 radical (unpaired) electrons. The van der Waals surface area contributed by atoms with Gasteiger partial charge in [0.2, 0.25) is 0 Å². The van der Waals surface area contributed by atoms with Crippen molar-refractivity contribution in [2.24, 2.45) is 0 Å². The number of rotatable bonds is 10. The summed E-state index contributed by atoms with van der Waals surface area (Å²) in [5, 5.41) is 8.66. The van der Waals surface area contributed by atoms with E-state index in [0.717, 1.165) is 6.42 Å². The molecule has 6 heteroatoms. The molecule has 0 aliphatic heterocycles. The smallest absolute Gasteiger partial charge is 0.450 e. The average molecular weight is 264 g/mol. The molecule has 1 N–H and O–H groups in total. The molecule has 0 aliphatic rings. The van der Waals surface area contributed by atoms with Gasteiger partial charge in [0.1, 0.15) is 6.10 Å². The highest BCUT2D eigenvalue weighted by atomic mass is 16.7. The molecule has 0 aromatic rings. The first-order valence-electron chi connectivity index (χ1n) is 6.08. The Kier molecular flexibility index (Phi) is 9.63. The molecule has 0 amide bonds. The second kappa shape index (κ2) is 10.1. The van der Waals surface area contributed by atoms with Crippen molar-refractivity contribution in [1.82, 2.24) is 0 Å². The Morgan fingerprint density at radius 3 is 2.44 bits per heavy atom. The molecule has 108 valence electrons. The Hall–Kier alpha value is -0.850. The standard InChI is InChI=1S/C12H24O6/c1-5-10(16-4)8-17-9(2)11(6-7-15-3)18-12(13)14/h9-11H,5-8H2,1-4H3,(H,13,14). The lowest BCUT2D eigenvalue weighted by atomic mass is 10.1. The van der Waals surface area contributed by atoms with Crippen LogP contribution in [0.15, 0.2) is 0 Å². The molecule has 6 nitrogen and oxygen atoms in total. The first-order valence-corrected chi connectivity index (χ1v) is 6.08. The van der Waals surface area contributed by atoms with Gasteiger partial charge in [0, 0.05) is 27.2 Å². The van der Waals surface area contributed by atoms with Crippen LogP contribution in [0.1, 0.15) is 26.7 Å². The molecule has 0 saturated heterocycles. The van der Waals surface area contributed by atoms with E-state index < -0.39 is 12.3 Å². The van der Waals surface area contributed by atoms with Gasteiger partial charge in [-0.2, -0.15) is 0 Å². The maximum Gasteiger partial charge on any atom is 0.506 e. The quantitative estimate of drug-likeness (QED) is 0.608. The average Bonchev–Trinajstić information content (AvgIpc) is 2.35. The van der Waals surface area contributed by atoms with Crippen molar-refractivity contribution in [1.29, 1.82) is 0 Å². The SMILES string of the molecule is CCC(COC(C)C(CCOC)OC(=O)O)OC. The summed E-state index contributed by atoms with van der Waals surface area (Å²) in [5.74, 6) is 0. The van der Waals surface area contributed by atoms with Crippen LogP contribution in [-0.4, -0.2) is 57.0 Å². The van der Waals surface area contributed by atoms with Crippen molar-refractivity contribution < 1.29 is 28.8 Å². The Morgan fingerprint density at radius 1 is 1.33 bits per heavy atom. The maximum absolute atomic E-state index is 10.6. The minimum Gasteiger partial charge on any atom is -0.450 e. The first-order chi connectivity index (χ1) is 8.54. The summed E-state index contributed by atoms with van der Waals surface area (Å²) in [6, 6.07) is 0. The molecule has 0 spiro atoms. The molecule has 0 saturated carbocycles. The Balaban J connectivity index is 4.17. The highest BCUT2D eigenvalue weighted by Crippen LogP contribution is 2.11. The predicted octanol–water partition coefficient (Wildman–Crippen LogP) is 1.92. The number of carboxylic acid groups (broad SMARTS) is 1. The molecular formula is C12H24O6. The maximum atomic E-state index is 10.6. The van der Waals surface area contributed by atoms with Gasteiger partial charge in [-0.15, -0.1) is 0 Å². The lowest BCUT2D eigenvalue weighted by molar-refractivity contribution is -0.0832.